The molecule has 0 atom stereocenters. The van der Waals surface area contributed by atoms with Crippen molar-refractivity contribution in [3.63, 3.8) is 0 Å². The number of nitro benzene ring substituents is 1. The van der Waals surface area contributed by atoms with E-state index in [1.807, 2.05) is 0 Å². The predicted octanol–water partition coefficient (Wildman–Crippen LogP) is 1.67. The molecule has 0 bridgehead atoms. The maximum atomic E-state index is 11.8. The molecule has 0 aliphatic carbocycles. The molecular formula is C13H16N2O5. The largest absolute Gasteiger partial charge is 0.466 e. The average Bonchev–Trinajstić information content (AvgIpc) is 2.43. The Morgan fingerprint density at radius 2 is 2.05 bits per heavy atom. The molecule has 1 N–H and O–H groups in total. The van der Waals surface area contributed by atoms with Crippen LogP contribution in [-0.4, -0.2) is 30.0 Å². The Morgan fingerprint density at radius 3 is 2.70 bits per heavy atom. The Bertz CT molecular complexity index is 501. The SMILES string of the molecule is CCOC(=O)CCCNC(=O)c1ccccc1[N+](=O)[O-]. The van der Waals surface area contributed by atoms with E-state index < -0.39 is 10.8 Å². The summed E-state index contributed by atoms with van der Waals surface area (Å²) < 4.78 is 4.74. The standard InChI is InChI=1S/C13H16N2O5/c1-2-20-12(16)8-5-9-14-13(17)10-6-3-4-7-11(10)15(18)19/h3-4,6-7H,2,5,8-9H2,1H3,(H,14,17). The number of hydrogen-bond donors (Lipinski definition) is 1. The van der Waals surface area contributed by atoms with E-state index in [2.05, 4.69) is 5.32 Å². The normalized spacial score (nSPS) is 9.85. The van der Waals surface area contributed by atoms with Gasteiger partial charge in [0.15, 0.2) is 0 Å². The first-order valence-corrected chi connectivity index (χ1v) is 6.23. The second-order valence-corrected chi connectivity index (χ2v) is 3.94. The molecule has 0 radical (unpaired) electrons. The van der Waals surface area contributed by atoms with E-state index in [1.165, 1.54) is 18.2 Å². The first kappa shape index (κ1) is 15.6. The van der Waals surface area contributed by atoms with E-state index >= 15 is 0 Å². The Kier molecular flexibility index (Phi) is 6.15. The molecule has 1 rings (SSSR count). The summed E-state index contributed by atoms with van der Waals surface area (Å²) in [6, 6.07) is 5.71. The molecule has 0 fully saturated rings. The van der Waals surface area contributed by atoms with Gasteiger partial charge in [-0.25, -0.2) is 0 Å². The highest BCUT2D eigenvalue weighted by molar-refractivity contribution is 5.98. The van der Waals surface area contributed by atoms with Crippen LogP contribution in [0.3, 0.4) is 0 Å². The molecule has 0 aliphatic rings. The van der Waals surface area contributed by atoms with E-state index in [4.69, 9.17) is 4.74 Å². The van der Waals surface area contributed by atoms with Crippen LogP contribution in [-0.2, 0) is 9.53 Å². The zero-order chi connectivity index (χ0) is 15.0. The third-order valence-corrected chi connectivity index (χ3v) is 2.49. The van der Waals surface area contributed by atoms with Gasteiger partial charge in [-0.05, 0) is 19.4 Å². The molecule has 7 nitrogen and oxygen atoms in total. The van der Waals surface area contributed by atoms with E-state index in [9.17, 15) is 19.7 Å². The maximum absolute atomic E-state index is 11.8. The van der Waals surface area contributed by atoms with Gasteiger partial charge in [0.05, 0.1) is 11.5 Å². The quantitative estimate of drug-likeness (QED) is 0.354. The van der Waals surface area contributed by atoms with Crippen molar-refractivity contribution in [1.29, 1.82) is 0 Å². The van der Waals surface area contributed by atoms with Gasteiger partial charge in [0.1, 0.15) is 5.56 Å². The van der Waals surface area contributed by atoms with Crippen molar-refractivity contribution >= 4 is 17.6 Å². The second-order valence-electron chi connectivity index (χ2n) is 3.94. The summed E-state index contributed by atoms with van der Waals surface area (Å²) in [5.41, 5.74) is -0.232. The minimum atomic E-state index is -0.604. The minimum Gasteiger partial charge on any atom is -0.466 e. The fraction of sp³-hybridized carbons (Fsp3) is 0.385. The number of nitrogens with zero attached hydrogens (tertiary/aromatic N) is 1. The number of nitrogens with one attached hydrogen (secondary N) is 1. The lowest BCUT2D eigenvalue weighted by atomic mass is 10.1. The molecule has 1 aromatic carbocycles. The number of benzene rings is 1. The van der Waals surface area contributed by atoms with Gasteiger partial charge in [-0.3, -0.25) is 19.7 Å². The van der Waals surface area contributed by atoms with Crippen LogP contribution in [0.4, 0.5) is 5.69 Å². The Labute approximate surface area is 116 Å². The minimum absolute atomic E-state index is 0.00800. The summed E-state index contributed by atoms with van der Waals surface area (Å²) in [6.45, 7) is 2.29. The molecule has 7 heteroatoms. The second kappa shape index (κ2) is 7.88. The highest BCUT2D eigenvalue weighted by Crippen LogP contribution is 2.17. The fourth-order valence-electron chi connectivity index (χ4n) is 1.59. The lowest BCUT2D eigenvalue weighted by molar-refractivity contribution is -0.385. The molecule has 0 saturated carbocycles. The number of para-hydroxylation sites is 1. The van der Waals surface area contributed by atoms with Crippen LogP contribution in [0.2, 0.25) is 0 Å². The zero-order valence-corrected chi connectivity index (χ0v) is 11.1. The number of nitro groups is 1. The van der Waals surface area contributed by atoms with Crippen LogP contribution < -0.4 is 5.32 Å². The number of esters is 1. The van der Waals surface area contributed by atoms with Crippen molar-refractivity contribution in [3.05, 3.63) is 39.9 Å². The van der Waals surface area contributed by atoms with Crippen molar-refractivity contribution in [2.24, 2.45) is 0 Å². The third kappa shape index (κ3) is 4.68. The molecule has 0 spiro atoms. The molecule has 0 saturated heterocycles. The summed E-state index contributed by atoms with van der Waals surface area (Å²) >= 11 is 0. The lowest BCUT2D eigenvalue weighted by Crippen LogP contribution is -2.25. The fourth-order valence-corrected chi connectivity index (χ4v) is 1.59. The Morgan fingerprint density at radius 1 is 1.35 bits per heavy atom. The summed E-state index contributed by atoms with van der Waals surface area (Å²) in [5.74, 6) is -0.853. The van der Waals surface area contributed by atoms with Gasteiger partial charge in [-0.1, -0.05) is 12.1 Å². The van der Waals surface area contributed by atoms with E-state index in [0.29, 0.717) is 13.0 Å². The summed E-state index contributed by atoms with van der Waals surface area (Å²) in [4.78, 5) is 33.1. The monoisotopic (exact) mass is 280 g/mol. The van der Waals surface area contributed by atoms with Gasteiger partial charge in [0.2, 0.25) is 0 Å². The summed E-state index contributed by atoms with van der Waals surface area (Å²) in [7, 11) is 0. The average molecular weight is 280 g/mol. The molecule has 20 heavy (non-hydrogen) atoms. The summed E-state index contributed by atoms with van der Waals surface area (Å²) in [6.07, 6.45) is 0.621. The topological polar surface area (TPSA) is 98.5 Å². The van der Waals surface area contributed by atoms with Crippen molar-refractivity contribution < 1.29 is 19.2 Å². The van der Waals surface area contributed by atoms with Gasteiger partial charge in [-0.15, -0.1) is 0 Å². The maximum Gasteiger partial charge on any atom is 0.305 e. The van der Waals surface area contributed by atoms with Crippen molar-refractivity contribution in [3.8, 4) is 0 Å². The molecule has 1 amide bonds. The van der Waals surface area contributed by atoms with Gasteiger partial charge >= 0.3 is 5.97 Å². The van der Waals surface area contributed by atoms with Gasteiger partial charge in [0, 0.05) is 19.0 Å². The molecule has 0 aliphatic heterocycles. The highest BCUT2D eigenvalue weighted by Gasteiger charge is 2.18. The van der Waals surface area contributed by atoms with E-state index in [-0.39, 0.29) is 30.2 Å². The molecule has 1 aromatic rings. The number of carbonyl (C=O) groups is 2. The van der Waals surface area contributed by atoms with E-state index in [1.54, 1.807) is 13.0 Å². The molecule has 0 heterocycles. The Hall–Kier alpha value is -2.44. The molecule has 0 unspecified atom stereocenters. The van der Waals surface area contributed by atoms with Crippen molar-refractivity contribution in [1.82, 2.24) is 5.32 Å². The van der Waals surface area contributed by atoms with Gasteiger partial charge in [-0.2, -0.15) is 0 Å². The molecule has 108 valence electrons. The first-order chi connectivity index (χ1) is 9.56. The van der Waals surface area contributed by atoms with Crippen LogP contribution in [0.15, 0.2) is 24.3 Å². The predicted molar refractivity (Wildman–Crippen MR) is 71.3 cm³/mol. The Balaban J connectivity index is 2.48. The zero-order valence-electron chi connectivity index (χ0n) is 11.1. The van der Waals surface area contributed by atoms with Crippen LogP contribution in [0.25, 0.3) is 0 Å². The van der Waals surface area contributed by atoms with Crippen LogP contribution in [0, 0.1) is 10.1 Å². The smallest absolute Gasteiger partial charge is 0.305 e. The molecular weight excluding hydrogens is 264 g/mol. The summed E-state index contributed by atoms with van der Waals surface area (Å²) in [5, 5.41) is 13.3. The van der Waals surface area contributed by atoms with Gasteiger partial charge in [0.25, 0.3) is 11.6 Å². The number of carbonyl (C=O) groups excluding carboxylic acids is 2. The first-order valence-electron chi connectivity index (χ1n) is 6.23. The van der Waals surface area contributed by atoms with Crippen molar-refractivity contribution in [2.75, 3.05) is 13.2 Å². The number of ether oxygens (including phenoxy) is 1. The van der Waals surface area contributed by atoms with Crippen molar-refractivity contribution in [2.45, 2.75) is 19.8 Å². The number of amides is 1. The van der Waals surface area contributed by atoms with Crippen LogP contribution >= 0.6 is 0 Å². The lowest BCUT2D eigenvalue weighted by Gasteiger charge is -2.05. The van der Waals surface area contributed by atoms with Gasteiger partial charge < -0.3 is 10.1 Å². The van der Waals surface area contributed by atoms with Crippen LogP contribution in [0.1, 0.15) is 30.1 Å². The number of rotatable bonds is 7. The molecule has 0 aromatic heterocycles. The van der Waals surface area contributed by atoms with Crippen LogP contribution in [0.5, 0.6) is 0 Å². The van der Waals surface area contributed by atoms with E-state index in [0.717, 1.165) is 0 Å². The highest BCUT2D eigenvalue weighted by atomic mass is 16.6. The third-order valence-electron chi connectivity index (χ3n) is 2.49. The number of hydrogen-bond acceptors (Lipinski definition) is 5.